The third-order valence-corrected chi connectivity index (χ3v) is 4.63. The molecule has 0 heterocycles. The molecule has 1 aliphatic carbocycles. The smallest absolute Gasteiger partial charge is 0.254 e. The number of carbonyl (C=O) groups excluding carboxylic acids is 1. The van der Waals surface area contributed by atoms with E-state index in [0.29, 0.717) is 12.8 Å². The number of benzene rings is 1. The molecule has 0 spiro atoms. The van der Waals surface area contributed by atoms with Crippen LogP contribution in [0, 0.1) is 12.7 Å². The van der Waals surface area contributed by atoms with Gasteiger partial charge in [0.05, 0.1) is 16.6 Å². The molecule has 0 atom stereocenters. The van der Waals surface area contributed by atoms with Gasteiger partial charge in [0.25, 0.3) is 5.91 Å². The van der Waals surface area contributed by atoms with E-state index in [0.717, 1.165) is 12.1 Å². The van der Waals surface area contributed by atoms with Crippen LogP contribution in [0.5, 0.6) is 0 Å². The van der Waals surface area contributed by atoms with E-state index in [1.54, 1.807) is 7.11 Å². The van der Waals surface area contributed by atoms with Crippen LogP contribution in [-0.2, 0) is 14.8 Å². The zero-order valence-electron chi connectivity index (χ0n) is 11.7. The van der Waals surface area contributed by atoms with Gasteiger partial charge in [0.1, 0.15) is 5.82 Å². The van der Waals surface area contributed by atoms with E-state index in [1.165, 1.54) is 6.92 Å². The molecule has 3 N–H and O–H groups in total. The van der Waals surface area contributed by atoms with Crippen LogP contribution in [0.2, 0.25) is 0 Å². The van der Waals surface area contributed by atoms with Gasteiger partial charge in [-0.25, -0.2) is 17.9 Å². The van der Waals surface area contributed by atoms with Crippen molar-refractivity contribution in [2.24, 2.45) is 5.14 Å². The Labute approximate surface area is 122 Å². The summed E-state index contributed by atoms with van der Waals surface area (Å²) in [5, 5.41) is 7.69. The SMILES string of the molecule is COC1CC(NC(=O)c2cc(S(N)(=O)=O)c(C)cc2F)C1. The van der Waals surface area contributed by atoms with E-state index in [4.69, 9.17) is 9.88 Å². The molecular formula is C13H17FN2O4S. The van der Waals surface area contributed by atoms with Gasteiger partial charge in [0, 0.05) is 13.2 Å². The lowest BCUT2D eigenvalue weighted by Gasteiger charge is -2.34. The normalized spacial score (nSPS) is 21.7. The molecule has 1 aliphatic rings. The maximum atomic E-state index is 13.9. The van der Waals surface area contributed by atoms with Crippen LogP contribution in [-0.4, -0.2) is 33.6 Å². The maximum Gasteiger partial charge on any atom is 0.254 e. The Hall–Kier alpha value is -1.51. The Morgan fingerprint density at radius 2 is 2.05 bits per heavy atom. The number of halogens is 1. The Morgan fingerprint density at radius 3 is 2.57 bits per heavy atom. The number of nitrogens with two attached hydrogens (primary N) is 1. The Balaban J connectivity index is 2.21. The van der Waals surface area contributed by atoms with Gasteiger partial charge in [-0.3, -0.25) is 4.79 Å². The van der Waals surface area contributed by atoms with Gasteiger partial charge < -0.3 is 10.1 Å². The van der Waals surface area contributed by atoms with Crippen LogP contribution in [0.25, 0.3) is 0 Å². The number of hydrogen-bond donors (Lipinski definition) is 2. The Bertz CT molecular complexity index is 669. The average molecular weight is 316 g/mol. The van der Waals surface area contributed by atoms with E-state index in [1.807, 2.05) is 0 Å². The quantitative estimate of drug-likeness (QED) is 0.853. The molecule has 2 rings (SSSR count). The fourth-order valence-corrected chi connectivity index (χ4v) is 3.06. The van der Waals surface area contributed by atoms with Crippen LogP contribution < -0.4 is 10.5 Å². The van der Waals surface area contributed by atoms with Gasteiger partial charge in [-0.2, -0.15) is 0 Å². The number of primary sulfonamides is 1. The molecule has 1 fully saturated rings. The summed E-state index contributed by atoms with van der Waals surface area (Å²) < 4.78 is 41.8. The molecule has 0 radical (unpaired) electrons. The van der Waals surface area contributed by atoms with Gasteiger partial charge in [-0.1, -0.05) is 0 Å². The molecule has 0 unspecified atom stereocenters. The summed E-state index contributed by atoms with van der Waals surface area (Å²) in [6.07, 6.45) is 1.40. The molecule has 1 saturated carbocycles. The topological polar surface area (TPSA) is 98.5 Å². The van der Waals surface area contributed by atoms with E-state index in [9.17, 15) is 17.6 Å². The standard InChI is InChI=1S/C13H17FN2O4S/c1-7-3-11(14)10(6-12(7)21(15,18)19)13(17)16-8-4-9(5-8)20-2/h3,6,8-9H,4-5H2,1-2H3,(H,16,17)(H2,15,18,19). The molecule has 116 valence electrons. The van der Waals surface area contributed by atoms with Crippen molar-refractivity contribution in [3.8, 4) is 0 Å². The van der Waals surface area contributed by atoms with Gasteiger partial charge >= 0.3 is 0 Å². The van der Waals surface area contributed by atoms with Crippen molar-refractivity contribution in [3.05, 3.63) is 29.1 Å². The van der Waals surface area contributed by atoms with E-state index < -0.39 is 21.7 Å². The number of amides is 1. The summed E-state index contributed by atoms with van der Waals surface area (Å²) in [5.41, 5.74) is -0.167. The summed E-state index contributed by atoms with van der Waals surface area (Å²) in [5.74, 6) is -1.43. The van der Waals surface area contributed by atoms with Crippen molar-refractivity contribution in [2.45, 2.75) is 36.8 Å². The maximum absolute atomic E-state index is 13.9. The van der Waals surface area contributed by atoms with E-state index >= 15 is 0 Å². The van der Waals surface area contributed by atoms with Crippen LogP contribution in [0.15, 0.2) is 17.0 Å². The number of rotatable bonds is 4. The van der Waals surface area contributed by atoms with Gasteiger partial charge in [-0.15, -0.1) is 0 Å². The van der Waals surface area contributed by atoms with Crippen LogP contribution in [0.1, 0.15) is 28.8 Å². The second kappa shape index (κ2) is 5.70. The van der Waals surface area contributed by atoms with Crippen molar-refractivity contribution >= 4 is 15.9 Å². The number of nitrogens with one attached hydrogen (secondary N) is 1. The fourth-order valence-electron chi connectivity index (χ4n) is 2.27. The number of aryl methyl sites for hydroxylation is 1. The first kappa shape index (κ1) is 15.9. The molecular weight excluding hydrogens is 299 g/mol. The predicted octanol–water partition coefficient (Wildman–Crippen LogP) is 0.689. The van der Waals surface area contributed by atoms with Gasteiger partial charge in [0.15, 0.2) is 0 Å². The zero-order chi connectivity index (χ0) is 15.8. The van der Waals surface area contributed by atoms with Crippen LogP contribution in [0.4, 0.5) is 4.39 Å². The molecule has 6 nitrogen and oxygen atoms in total. The van der Waals surface area contributed by atoms with Gasteiger partial charge in [0.2, 0.25) is 10.0 Å². The zero-order valence-corrected chi connectivity index (χ0v) is 12.5. The van der Waals surface area contributed by atoms with E-state index in [2.05, 4.69) is 5.32 Å². The van der Waals surface area contributed by atoms with Gasteiger partial charge in [-0.05, 0) is 37.5 Å². The lowest BCUT2D eigenvalue weighted by atomic mass is 9.89. The second-order valence-electron chi connectivity index (χ2n) is 5.14. The van der Waals surface area contributed by atoms with Crippen LogP contribution in [0.3, 0.4) is 0 Å². The first-order valence-corrected chi connectivity index (χ1v) is 7.93. The molecule has 21 heavy (non-hydrogen) atoms. The third kappa shape index (κ3) is 3.39. The van der Waals surface area contributed by atoms with E-state index in [-0.39, 0.29) is 28.2 Å². The summed E-state index contributed by atoms with van der Waals surface area (Å²) in [4.78, 5) is 11.8. The number of hydrogen-bond acceptors (Lipinski definition) is 4. The molecule has 0 aliphatic heterocycles. The minimum absolute atomic E-state index is 0.0955. The Kier molecular flexibility index (Phi) is 4.31. The fraction of sp³-hybridized carbons (Fsp3) is 0.462. The molecule has 8 heteroatoms. The minimum atomic E-state index is -4.01. The highest BCUT2D eigenvalue weighted by Gasteiger charge is 2.31. The molecule has 1 aromatic carbocycles. The highest BCUT2D eigenvalue weighted by atomic mass is 32.2. The number of carbonyl (C=O) groups is 1. The van der Waals surface area contributed by atoms with Crippen molar-refractivity contribution in [1.82, 2.24) is 5.32 Å². The molecule has 1 aromatic rings. The summed E-state index contributed by atoms with van der Waals surface area (Å²) in [7, 11) is -2.42. The number of sulfonamides is 1. The predicted molar refractivity (Wildman–Crippen MR) is 73.8 cm³/mol. The lowest BCUT2D eigenvalue weighted by Crippen LogP contribution is -2.47. The lowest BCUT2D eigenvalue weighted by molar-refractivity contribution is 0.0175. The highest BCUT2D eigenvalue weighted by molar-refractivity contribution is 7.89. The molecule has 0 aromatic heterocycles. The minimum Gasteiger partial charge on any atom is -0.381 e. The molecule has 0 bridgehead atoms. The largest absolute Gasteiger partial charge is 0.381 e. The highest BCUT2D eigenvalue weighted by Crippen LogP contribution is 2.24. The Morgan fingerprint density at radius 1 is 1.43 bits per heavy atom. The summed E-state index contributed by atoms with van der Waals surface area (Å²) >= 11 is 0. The monoisotopic (exact) mass is 316 g/mol. The number of ether oxygens (including phenoxy) is 1. The van der Waals surface area contributed by atoms with Crippen molar-refractivity contribution in [1.29, 1.82) is 0 Å². The first-order chi connectivity index (χ1) is 9.72. The van der Waals surface area contributed by atoms with Crippen LogP contribution >= 0.6 is 0 Å². The number of methoxy groups -OCH3 is 1. The third-order valence-electron chi connectivity index (χ3n) is 3.58. The summed E-state index contributed by atoms with van der Waals surface area (Å²) in [6, 6.07) is 1.87. The van der Waals surface area contributed by atoms with Crippen molar-refractivity contribution in [3.63, 3.8) is 0 Å². The van der Waals surface area contributed by atoms with Crippen molar-refractivity contribution < 1.29 is 22.3 Å². The second-order valence-corrected chi connectivity index (χ2v) is 6.67. The molecule has 0 saturated heterocycles. The van der Waals surface area contributed by atoms with Crippen molar-refractivity contribution in [2.75, 3.05) is 7.11 Å². The first-order valence-electron chi connectivity index (χ1n) is 6.39. The average Bonchev–Trinajstić information content (AvgIpc) is 2.31. The summed E-state index contributed by atoms with van der Waals surface area (Å²) in [6.45, 7) is 1.42. The molecule has 1 amide bonds.